The topological polar surface area (TPSA) is 68.0 Å². The Kier molecular flexibility index (Phi) is 6.90. The summed E-state index contributed by atoms with van der Waals surface area (Å²) in [6, 6.07) is 10.5. The zero-order chi connectivity index (χ0) is 17.9. The van der Waals surface area contributed by atoms with Crippen LogP contribution in [-0.4, -0.2) is 23.5 Å². The molecule has 0 spiro atoms. The van der Waals surface area contributed by atoms with E-state index in [9.17, 15) is 4.79 Å². The summed E-state index contributed by atoms with van der Waals surface area (Å²) in [5, 5.41) is 6.28. The van der Waals surface area contributed by atoms with Crippen LogP contribution in [0.15, 0.2) is 35.7 Å². The molecule has 3 N–H and O–H groups in total. The van der Waals surface area contributed by atoms with Crippen molar-refractivity contribution in [2.75, 3.05) is 6.54 Å². The van der Waals surface area contributed by atoms with Crippen LogP contribution in [0.1, 0.15) is 37.8 Å². The Morgan fingerprint density at radius 3 is 2.59 bits per heavy atom. The van der Waals surface area contributed by atoms with Crippen molar-refractivity contribution >= 4 is 29.7 Å². The first kappa shape index (κ1) is 20.3. The highest BCUT2D eigenvalue weighted by atomic mass is 35.5. The highest BCUT2D eigenvalue weighted by Gasteiger charge is 2.40. The van der Waals surface area contributed by atoms with Gasteiger partial charge in [-0.3, -0.25) is 4.79 Å². The van der Waals surface area contributed by atoms with E-state index >= 15 is 0 Å². The van der Waals surface area contributed by atoms with Crippen molar-refractivity contribution in [1.29, 1.82) is 0 Å². The molecule has 2 aliphatic carbocycles. The number of amides is 1. The van der Waals surface area contributed by atoms with Crippen LogP contribution < -0.4 is 11.1 Å². The molecule has 2 unspecified atom stereocenters. The standard InChI is InChI=1S/C21H27N3OS.ClH/c22-19-15-7-4-8-16(19)12-17(11-15)20(25)23-10-9-18-13-26-21(24-18)14-5-2-1-3-6-14;/h1-3,5-6,13,15-17,19H,4,7-12,22H2,(H,23,25);1H. The fourth-order valence-corrected chi connectivity index (χ4v) is 5.46. The number of nitrogens with one attached hydrogen (secondary N) is 1. The van der Waals surface area contributed by atoms with Crippen molar-refractivity contribution < 1.29 is 4.79 Å². The second-order valence-electron chi connectivity index (χ2n) is 7.75. The maximum Gasteiger partial charge on any atom is 0.223 e. The third-order valence-corrected chi connectivity index (χ3v) is 6.98. The van der Waals surface area contributed by atoms with Crippen molar-refractivity contribution in [2.24, 2.45) is 23.5 Å². The van der Waals surface area contributed by atoms with Gasteiger partial charge in [0.15, 0.2) is 0 Å². The predicted molar refractivity (Wildman–Crippen MR) is 113 cm³/mol. The Morgan fingerprint density at radius 2 is 1.89 bits per heavy atom. The van der Waals surface area contributed by atoms with E-state index in [0.717, 1.165) is 35.5 Å². The highest BCUT2D eigenvalue weighted by molar-refractivity contribution is 7.13. The van der Waals surface area contributed by atoms with Crippen LogP contribution in [-0.2, 0) is 11.2 Å². The number of halogens is 1. The van der Waals surface area contributed by atoms with Crippen molar-refractivity contribution in [3.8, 4) is 10.6 Å². The van der Waals surface area contributed by atoms with Gasteiger partial charge < -0.3 is 11.1 Å². The molecule has 1 aromatic heterocycles. The van der Waals surface area contributed by atoms with Crippen molar-refractivity contribution in [1.82, 2.24) is 10.3 Å². The quantitative estimate of drug-likeness (QED) is 0.788. The summed E-state index contributed by atoms with van der Waals surface area (Å²) in [7, 11) is 0. The molecule has 0 saturated heterocycles. The number of hydrogen-bond donors (Lipinski definition) is 2. The van der Waals surface area contributed by atoms with Gasteiger partial charge in [0, 0.05) is 35.9 Å². The first-order valence-electron chi connectivity index (χ1n) is 9.74. The van der Waals surface area contributed by atoms with Gasteiger partial charge in [-0.25, -0.2) is 4.98 Å². The summed E-state index contributed by atoms with van der Waals surface area (Å²) in [5.41, 5.74) is 8.54. The highest BCUT2D eigenvalue weighted by Crippen LogP contribution is 2.41. The summed E-state index contributed by atoms with van der Waals surface area (Å²) in [6.45, 7) is 0.661. The molecule has 2 bridgehead atoms. The molecule has 4 rings (SSSR count). The van der Waals surface area contributed by atoms with Gasteiger partial charge in [0.1, 0.15) is 5.01 Å². The fourth-order valence-electron chi connectivity index (χ4n) is 4.60. The molecular formula is C21H28ClN3OS. The molecule has 2 saturated carbocycles. The first-order chi connectivity index (χ1) is 12.7. The van der Waals surface area contributed by atoms with Crippen LogP contribution in [0.3, 0.4) is 0 Å². The molecule has 27 heavy (non-hydrogen) atoms. The minimum atomic E-state index is 0. The van der Waals surface area contributed by atoms with Crippen LogP contribution >= 0.6 is 23.7 Å². The van der Waals surface area contributed by atoms with E-state index < -0.39 is 0 Å². The van der Waals surface area contributed by atoms with Crippen molar-refractivity contribution in [2.45, 2.75) is 44.6 Å². The molecular weight excluding hydrogens is 378 g/mol. The van der Waals surface area contributed by atoms with Crippen LogP contribution in [0.25, 0.3) is 10.6 Å². The molecule has 0 radical (unpaired) electrons. The van der Waals surface area contributed by atoms with E-state index in [4.69, 9.17) is 10.7 Å². The van der Waals surface area contributed by atoms with Crippen molar-refractivity contribution in [3.05, 3.63) is 41.4 Å². The van der Waals surface area contributed by atoms with Gasteiger partial charge in [0.2, 0.25) is 5.91 Å². The van der Waals surface area contributed by atoms with E-state index in [1.807, 2.05) is 18.2 Å². The molecule has 1 amide bonds. The summed E-state index contributed by atoms with van der Waals surface area (Å²) in [5.74, 6) is 1.46. The maximum absolute atomic E-state index is 12.6. The Bertz CT molecular complexity index is 737. The number of thiazole rings is 1. The number of rotatable bonds is 5. The Hall–Kier alpha value is -1.43. The molecule has 2 atom stereocenters. The Morgan fingerprint density at radius 1 is 1.19 bits per heavy atom. The average Bonchev–Trinajstić information content (AvgIpc) is 3.11. The molecule has 146 valence electrons. The average molecular weight is 406 g/mol. The van der Waals surface area contributed by atoms with E-state index in [0.29, 0.717) is 24.4 Å². The van der Waals surface area contributed by atoms with Crippen molar-refractivity contribution in [3.63, 3.8) is 0 Å². The van der Waals surface area contributed by atoms with Gasteiger partial charge in [-0.2, -0.15) is 0 Å². The van der Waals surface area contributed by atoms with Gasteiger partial charge in [0.25, 0.3) is 0 Å². The lowest BCUT2D eigenvalue weighted by Gasteiger charge is -2.43. The smallest absolute Gasteiger partial charge is 0.223 e. The largest absolute Gasteiger partial charge is 0.355 e. The van der Waals surface area contributed by atoms with Crippen LogP contribution in [0.2, 0.25) is 0 Å². The molecule has 2 fully saturated rings. The zero-order valence-corrected chi connectivity index (χ0v) is 17.1. The number of hydrogen-bond acceptors (Lipinski definition) is 4. The zero-order valence-electron chi connectivity index (χ0n) is 15.5. The molecule has 1 heterocycles. The number of carbonyl (C=O) groups excluding carboxylic acids is 1. The number of carbonyl (C=O) groups is 1. The normalized spacial score (nSPS) is 26.9. The summed E-state index contributed by atoms with van der Waals surface area (Å²) >= 11 is 1.66. The SMILES string of the molecule is Cl.NC1C2CCCC1CC(C(=O)NCCc1csc(-c3ccccc3)n1)C2. The molecule has 6 heteroatoms. The minimum absolute atomic E-state index is 0. The summed E-state index contributed by atoms with van der Waals surface area (Å²) < 4.78 is 0. The first-order valence-corrected chi connectivity index (χ1v) is 10.6. The molecule has 2 aromatic rings. The second-order valence-corrected chi connectivity index (χ2v) is 8.61. The number of nitrogens with zero attached hydrogens (tertiary/aromatic N) is 1. The van der Waals surface area contributed by atoms with Gasteiger partial charge in [-0.15, -0.1) is 23.7 Å². The van der Waals surface area contributed by atoms with Crippen LogP contribution in [0, 0.1) is 17.8 Å². The second kappa shape index (κ2) is 9.18. The lowest BCUT2D eigenvalue weighted by atomic mass is 9.65. The number of nitrogens with two attached hydrogens (primary N) is 1. The third kappa shape index (κ3) is 4.71. The van der Waals surface area contributed by atoms with E-state index in [2.05, 4.69) is 22.8 Å². The van der Waals surface area contributed by atoms with E-state index in [1.165, 1.54) is 19.3 Å². The third-order valence-electron chi connectivity index (χ3n) is 6.04. The Labute approximate surface area is 171 Å². The predicted octanol–water partition coefficient (Wildman–Crippen LogP) is 4.04. The van der Waals surface area contributed by atoms with Crippen LogP contribution in [0.4, 0.5) is 0 Å². The summed E-state index contributed by atoms with van der Waals surface area (Å²) in [4.78, 5) is 17.3. The van der Waals surface area contributed by atoms with Gasteiger partial charge in [-0.1, -0.05) is 36.8 Å². The lowest BCUT2D eigenvalue weighted by Crippen LogP contribution is -2.49. The minimum Gasteiger partial charge on any atom is -0.355 e. The number of benzene rings is 1. The number of aromatic nitrogens is 1. The van der Waals surface area contributed by atoms with E-state index in [1.54, 1.807) is 11.3 Å². The van der Waals surface area contributed by atoms with Crippen LogP contribution in [0.5, 0.6) is 0 Å². The molecule has 4 nitrogen and oxygen atoms in total. The summed E-state index contributed by atoms with van der Waals surface area (Å²) in [6.07, 6.45) is 6.40. The van der Waals surface area contributed by atoms with Gasteiger partial charge in [0.05, 0.1) is 5.69 Å². The number of fused-ring (bicyclic) bond motifs is 2. The molecule has 1 aromatic carbocycles. The Balaban J connectivity index is 0.00000210. The monoisotopic (exact) mass is 405 g/mol. The maximum atomic E-state index is 12.6. The molecule has 0 aliphatic heterocycles. The molecule has 2 aliphatic rings. The van der Waals surface area contributed by atoms with Gasteiger partial charge in [-0.05, 0) is 37.5 Å². The fraction of sp³-hybridized carbons (Fsp3) is 0.524. The van der Waals surface area contributed by atoms with Gasteiger partial charge >= 0.3 is 0 Å². The van der Waals surface area contributed by atoms with E-state index in [-0.39, 0.29) is 24.2 Å². The lowest BCUT2D eigenvalue weighted by molar-refractivity contribution is -0.127.